The van der Waals surface area contributed by atoms with E-state index in [9.17, 15) is 34.2 Å². The van der Waals surface area contributed by atoms with Gasteiger partial charge in [0, 0.05) is 12.5 Å². The number of carbonyl (C=O) groups excluding carboxylic acids is 4. The van der Waals surface area contributed by atoms with Crippen LogP contribution in [0, 0.1) is 23.7 Å². The standard InChI is InChI=1S/C36H61N5O7S2/c1-22(2)18-28(39-33(44)27(15-17-50-8)38-34(45)29(19-23(3)4)40-36(47)48)30(42)20-26(14-16-49-7)32(43)41-31(24(5)6)35(46)37-21-25-12-10-9-11-13-25/h9-13,22-24,26-31,40,42H,14-21H2,1-8H3,(H,37,46)(H,38,45)(H,39,44)(H,41,43)(H,47,48)/t26-,27+,28+,29+,30+,31+/m1/s1. The van der Waals surface area contributed by atoms with Gasteiger partial charge in [0.25, 0.3) is 0 Å². The molecule has 5 amide bonds. The van der Waals surface area contributed by atoms with Gasteiger partial charge in [-0.1, -0.05) is 71.9 Å². The minimum Gasteiger partial charge on any atom is -0.465 e. The van der Waals surface area contributed by atoms with Gasteiger partial charge in [-0.15, -0.1) is 0 Å². The minimum atomic E-state index is -1.33. The van der Waals surface area contributed by atoms with Crippen LogP contribution >= 0.6 is 23.5 Å². The molecule has 0 fully saturated rings. The van der Waals surface area contributed by atoms with Crippen LogP contribution in [0.2, 0.25) is 0 Å². The molecule has 0 radical (unpaired) electrons. The van der Waals surface area contributed by atoms with Crippen LogP contribution in [0.5, 0.6) is 0 Å². The maximum atomic E-state index is 13.7. The second kappa shape index (κ2) is 24.3. The topological polar surface area (TPSA) is 186 Å². The molecule has 1 rings (SSSR count). The minimum absolute atomic E-state index is 0.0254. The zero-order chi connectivity index (χ0) is 37.8. The number of carbonyl (C=O) groups is 5. The summed E-state index contributed by atoms with van der Waals surface area (Å²) in [6.07, 6.45) is 2.88. The fourth-order valence-electron chi connectivity index (χ4n) is 5.51. The van der Waals surface area contributed by atoms with Crippen molar-refractivity contribution in [3.63, 3.8) is 0 Å². The van der Waals surface area contributed by atoms with E-state index in [1.807, 2.05) is 84.4 Å². The number of thioether (sulfide) groups is 2. The molecule has 0 aliphatic rings. The van der Waals surface area contributed by atoms with Gasteiger partial charge in [-0.05, 0) is 79.4 Å². The number of amides is 5. The number of hydrogen-bond acceptors (Lipinski definition) is 8. The molecule has 0 unspecified atom stereocenters. The normalized spacial score (nSPS) is 15.0. The fourth-order valence-corrected chi connectivity index (χ4v) is 6.50. The third kappa shape index (κ3) is 17.8. The molecule has 1 aromatic carbocycles. The van der Waals surface area contributed by atoms with Gasteiger partial charge in [-0.2, -0.15) is 23.5 Å². The summed E-state index contributed by atoms with van der Waals surface area (Å²) in [5.74, 6) is -1.20. The molecule has 284 valence electrons. The van der Waals surface area contributed by atoms with Gasteiger partial charge in [0.05, 0.1) is 12.1 Å². The lowest BCUT2D eigenvalue weighted by atomic mass is 9.89. The first-order valence-electron chi connectivity index (χ1n) is 17.5. The molecule has 6 atom stereocenters. The Kier molecular flexibility index (Phi) is 21.9. The van der Waals surface area contributed by atoms with Crippen molar-refractivity contribution in [3.05, 3.63) is 35.9 Å². The Balaban J connectivity index is 3.14. The van der Waals surface area contributed by atoms with Crippen LogP contribution < -0.4 is 26.6 Å². The molecular weight excluding hydrogens is 679 g/mol. The molecular formula is C36H61N5O7S2. The summed E-state index contributed by atoms with van der Waals surface area (Å²) in [5, 5.41) is 34.6. The molecule has 0 spiro atoms. The van der Waals surface area contributed by atoms with Gasteiger partial charge in [-0.3, -0.25) is 19.2 Å². The largest absolute Gasteiger partial charge is 0.465 e. The Hall–Kier alpha value is -2.97. The Morgan fingerprint density at radius 1 is 0.680 bits per heavy atom. The van der Waals surface area contributed by atoms with E-state index in [-0.39, 0.29) is 42.4 Å². The number of benzene rings is 1. The molecule has 12 nitrogen and oxygen atoms in total. The van der Waals surface area contributed by atoms with E-state index < -0.39 is 54.1 Å². The predicted octanol–water partition coefficient (Wildman–Crippen LogP) is 4.02. The van der Waals surface area contributed by atoms with Crippen molar-refractivity contribution in [2.24, 2.45) is 23.7 Å². The number of aliphatic hydroxyl groups is 1. The first-order chi connectivity index (χ1) is 23.6. The van der Waals surface area contributed by atoms with E-state index in [0.717, 1.165) is 5.56 Å². The van der Waals surface area contributed by atoms with Crippen LogP contribution in [-0.2, 0) is 25.7 Å². The predicted molar refractivity (Wildman–Crippen MR) is 203 cm³/mol. The van der Waals surface area contributed by atoms with Crippen molar-refractivity contribution in [2.45, 2.75) is 110 Å². The monoisotopic (exact) mass is 739 g/mol. The molecule has 0 aliphatic heterocycles. The highest BCUT2D eigenvalue weighted by Crippen LogP contribution is 2.21. The number of hydrogen-bond donors (Lipinski definition) is 7. The molecule has 0 saturated heterocycles. The fraction of sp³-hybridized carbons (Fsp3) is 0.694. The highest BCUT2D eigenvalue weighted by atomic mass is 32.2. The highest BCUT2D eigenvalue weighted by Gasteiger charge is 2.34. The van der Waals surface area contributed by atoms with Gasteiger partial charge in [-0.25, -0.2) is 4.79 Å². The molecule has 0 saturated carbocycles. The summed E-state index contributed by atoms with van der Waals surface area (Å²) >= 11 is 3.08. The second-order valence-electron chi connectivity index (χ2n) is 13.9. The summed E-state index contributed by atoms with van der Waals surface area (Å²) in [6.45, 7) is 11.7. The van der Waals surface area contributed by atoms with Crippen molar-refractivity contribution in [3.8, 4) is 0 Å². The van der Waals surface area contributed by atoms with Crippen molar-refractivity contribution in [1.29, 1.82) is 0 Å². The Bertz CT molecular complexity index is 1190. The molecule has 0 bridgehead atoms. The zero-order valence-electron chi connectivity index (χ0n) is 31.0. The lowest BCUT2D eigenvalue weighted by Gasteiger charge is -2.31. The van der Waals surface area contributed by atoms with Gasteiger partial charge in [0.2, 0.25) is 23.6 Å². The van der Waals surface area contributed by atoms with Crippen LogP contribution in [0.3, 0.4) is 0 Å². The Morgan fingerprint density at radius 2 is 1.26 bits per heavy atom. The van der Waals surface area contributed by atoms with Gasteiger partial charge >= 0.3 is 6.09 Å². The lowest BCUT2D eigenvalue weighted by molar-refractivity contribution is -0.133. The first kappa shape index (κ1) is 45.1. The quantitative estimate of drug-likeness (QED) is 0.0823. The van der Waals surface area contributed by atoms with Crippen LogP contribution in [0.15, 0.2) is 30.3 Å². The van der Waals surface area contributed by atoms with Crippen LogP contribution in [0.4, 0.5) is 4.79 Å². The maximum absolute atomic E-state index is 13.7. The average molecular weight is 740 g/mol. The van der Waals surface area contributed by atoms with Gasteiger partial charge in [0.15, 0.2) is 0 Å². The SMILES string of the molecule is CSCC[C@H](C[C@H](O)[C@H](CC(C)C)NC(=O)[C@H](CCSC)NC(=O)[C@H](CC(C)C)NC(=O)O)C(=O)N[C@H](C(=O)NCc1ccccc1)C(C)C. The van der Waals surface area contributed by atoms with Crippen molar-refractivity contribution < 1.29 is 34.2 Å². The molecule has 50 heavy (non-hydrogen) atoms. The summed E-state index contributed by atoms with van der Waals surface area (Å²) in [5.41, 5.74) is 0.941. The van der Waals surface area contributed by atoms with Gasteiger partial charge < -0.3 is 36.8 Å². The van der Waals surface area contributed by atoms with Gasteiger partial charge in [0.1, 0.15) is 18.1 Å². The van der Waals surface area contributed by atoms with Crippen LogP contribution in [0.1, 0.15) is 79.2 Å². The van der Waals surface area contributed by atoms with Crippen LogP contribution in [0.25, 0.3) is 0 Å². The third-order valence-electron chi connectivity index (χ3n) is 8.21. The van der Waals surface area contributed by atoms with E-state index in [0.29, 0.717) is 37.3 Å². The average Bonchev–Trinajstić information content (AvgIpc) is 3.04. The summed E-state index contributed by atoms with van der Waals surface area (Å²) in [7, 11) is 0. The van der Waals surface area contributed by atoms with E-state index >= 15 is 0 Å². The lowest BCUT2D eigenvalue weighted by Crippen LogP contribution is -2.57. The maximum Gasteiger partial charge on any atom is 0.405 e. The molecule has 1 aromatic rings. The number of nitrogens with one attached hydrogen (secondary N) is 5. The molecule has 14 heteroatoms. The third-order valence-corrected chi connectivity index (χ3v) is 9.49. The Labute approximate surface area is 307 Å². The zero-order valence-corrected chi connectivity index (χ0v) is 32.6. The smallest absolute Gasteiger partial charge is 0.405 e. The van der Waals surface area contributed by atoms with Crippen LogP contribution in [-0.4, -0.2) is 94.2 Å². The van der Waals surface area contributed by atoms with E-state index in [2.05, 4.69) is 26.6 Å². The highest BCUT2D eigenvalue weighted by molar-refractivity contribution is 7.98. The van der Waals surface area contributed by atoms with E-state index in [1.165, 1.54) is 11.8 Å². The van der Waals surface area contributed by atoms with Crippen molar-refractivity contribution >= 4 is 53.2 Å². The van der Waals surface area contributed by atoms with Crippen molar-refractivity contribution in [2.75, 3.05) is 24.0 Å². The second-order valence-corrected chi connectivity index (χ2v) is 15.9. The van der Waals surface area contributed by atoms with E-state index in [1.54, 1.807) is 11.8 Å². The molecule has 7 N–H and O–H groups in total. The first-order valence-corrected chi connectivity index (χ1v) is 20.3. The summed E-state index contributed by atoms with van der Waals surface area (Å²) < 4.78 is 0. The molecule has 0 aromatic heterocycles. The molecule has 0 aliphatic carbocycles. The number of aliphatic hydroxyl groups excluding tert-OH is 1. The summed E-state index contributed by atoms with van der Waals surface area (Å²) in [6, 6.07) is 6.02. The van der Waals surface area contributed by atoms with E-state index in [4.69, 9.17) is 0 Å². The number of carboxylic acid groups (broad SMARTS) is 1. The molecule has 0 heterocycles. The number of rotatable bonds is 24. The van der Waals surface area contributed by atoms with Crippen molar-refractivity contribution in [1.82, 2.24) is 26.6 Å². The Morgan fingerprint density at radius 3 is 1.80 bits per heavy atom. The summed E-state index contributed by atoms with van der Waals surface area (Å²) in [4.78, 5) is 65.1.